The molecule has 1 aliphatic rings. The van der Waals surface area contributed by atoms with Crippen LogP contribution in [0.25, 0.3) is 0 Å². The van der Waals surface area contributed by atoms with Crippen molar-refractivity contribution in [3.05, 3.63) is 57.6 Å². The molecule has 3 rings (SSSR count). The van der Waals surface area contributed by atoms with E-state index in [0.717, 1.165) is 23.1 Å². The van der Waals surface area contributed by atoms with E-state index in [-0.39, 0.29) is 12.3 Å². The van der Waals surface area contributed by atoms with Crippen molar-refractivity contribution in [2.24, 2.45) is 0 Å². The molecule has 1 aliphatic heterocycles. The lowest BCUT2D eigenvalue weighted by Gasteiger charge is -2.28. The zero-order valence-corrected chi connectivity index (χ0v) is 21.1. The van der Waals surface area contributed by atoms with Gasteiger partial charge in [0.2, 0.25) is 10.0 Å². The monoisotopic (exact) mass is 518 g/mol. The average molecular weight is 520 g/mol. The first-order valence-corrected chi connectivity index (χ1v) is 13.1. The van der Waals surface area contributed by atoms with Crippen molar-refractivity contribution in [3.63, 3.8) is 0 Å². The molecule has 32 heavy (non-hydrogen) atoms. The van der Waals surface area contributed by atoms with Crippen LogP contribution in [0.1, 0.15) is 25.0 Å². The van der Waals surface area contributed by atoms with Crippen LogP contribution < -0.4 is 14.4 Å². The summed E-state index contributed by atoms with van der Waals surface area (Å²) >= 11 is 18.5. The molecule has 6 nitrogen and oxygen atoms in total. The van der Waals surface area contributed by atoms with Crippen LogP contribution in [0.3, 0.4) is 0 Å². The fraction of sp³-hybridized carbons (Fsp3) is 0.409. The number of hydrogen-bond acceptors (Lipinski definition) is 5. The van der Waals surface area contributed by atoms with Crippen LogP contribution in [0.4, 0.5) is 5.69 Å². The lowest BCUT2D eigenvalue weighted by Crippen LogP contribution is -2.40. The van der Waals surface area contributed by atoms with Crippen molar-refractivity contribution in [1.29, 1.82) is 0 Å². The number of carbonyl (C=O) groups excluding carboxylic acids is 1. The molecule has 0 radical (unpaired) electrons. The summed E-state index contributed by atoms with van der Waals surface area (Å²) < 4.78 is 30.9. The molecule has 1 heterocycles. The standard InChI is InChI=1S/C22H25Cl3N2O4S/c1-22(2,15-10-17(24)21(18(25)11-15)31-9-8-23)14-4-6-16(7-5-14)27-12-19(20(28)13-27)26-32(3,29)30/h4-7,10-11,19,26H,8-9,12-13H2,1-3H3. The van der Waals surface area contributed by atoms with E-state index in [9.17, 15) is 13.2 Å². The lowest BCUT2D eigenvalue weighted by molar-refractivity contribution is -0.117. The van der Waals surface area contributed by atoms with Gasteiger partial charge in [0.1, 0.15) is 6.61 Å². The van der Waals surface area contributed by atoms with E-state index in [4.69, 9.17) is 39.5 Å². The first kappa shape index (κ1) is 25.1. The molecule has 2 aromatic carbocycles. The zero-order chi connectivity index (χ0) is 23.7. The van der Waals surface area contributed by atoms with Gasteiger partial charge in [-0.2, -0.15) is 0 Å². The Morgan fingerprint density at radius 2 is 1.72 bits per heavy atom. The number of hydrogen-bond donors (Lipinski definition) is 1. The third kappa shape index (κ3) is 5.69. The van der Waals surface area contributed by atoms with E-state index in [1.165, 1.54) is 0 Å². The van der Waals surface area contributed by atoms with Gasteiger partial charge in [0.15, 0.2) is 11.5 Å². The number of nitrogens with one attached hydrogen (secondary N) is 1. The summed E-state index contributed by atoms with van der Waals surface area (Å²) in [5.41, 5.74) is 2.39. The maximum absolute atomic E-state index is 12.2. The van der Waals surface area contributed by atoms with E-state index >= 15 is 0 Å². The van der Waals surface area contributed by atoms with E-state index < -0.39 is 21.5 Å². The average Bonchev–Trinajstić information content (AvgIpc) is 3.06. The van der Waals surface area contributed by atoms with Gasteiger partial charge in [-0.25, -0.2) is 13.1 Å². The molecule has 0 saturated carbocycles. The highest BCUT2D eigenvalue weighted by Crippen LogP contribution is 2.40. The minimum atomic E-state index is -3.45. The van der Waals surface area contributed by atoms with Crippen LogP contribution in [-0.4, -0.2) is 52.1 Å². The Balaban J connectivity index is 1.80. The van der Waals surface area contributed by atoms with Crippen LogP contribution in [0.2, 0.25) is 10.0 Å². The van der Waals surface area contributed by atoms with Crippen molar-refractivity contribution in [2.45, 2.75) is 25.3 Å². The third-order valence-corrected chi connectivity index (χ3v) is 6.92. The Morgan fingerprint density at radius 3 is 2.25 bits per heavy atom. The fourth-order valence-electron chi connectivity index (χ4n) is 3.70. The number of alkyl halides is 1. The van der Waals surface area contributed by atoms with E-state index in [2.05, 4.69) is 18.6 Å². The normalized spacial score (nSPS) is 17.1. The van der Waals surface area contributed by atoms with Gasteiger partial charge in [0, 0.05) is 17.6 Å². The zero-order valence-electron chi connectivity index (χ0n) is 18.0. The Kier molecular flexibility index (Phi) is 7.67. The molecule has 1 saturated heterocycles. The molecule has 0 bridgehead atoms. The van der Waals surface area contributed by atoms with Gasteiger partial charge in [-0.1, -0.05) is 49.2 Å². The van der Waals surface area contributed by atoms with Crippen LogP contribution in [0.15, 0.2) is 36.4 Å². The van der Waals surface area contributed by atoms with Crippen molar-refractivity contribution in [3.8, 4) is 5.75 Å². The number of carbonyl (C=O) groups is 1. The molecule has 10 heteroatoms. The highest BCUT2D eigenvalue weighted by Gasteiger charge is 2.33. The van der Waals surface area contributed by atoms with Crippen LogP contribution in [0, 0.1) is 0 Å². The molecule has 1 unspecified atom stereocenters. The van der Waals surface area contributed by atoms with Crippen molar-refractivity contribution in [2.75, 3.05) is 36.7 Å². The maximum Gasteiger partial charge on any atom is 0.209 e. The predicted octanol–water partition coefficient (Wildman–Crippen LogP) is 4.24. The lowest BCUT2D eigenvalue weighted by atomic mass is 9.78. The molecular weight excluding hydrogens is 495 g/mol. The molecular formula is C22H25Cl3N2O4S. The Hall–Kier alpha value is -1.51. The summed E-state index contributed by atoms with van der Waals surface area (Å²) in [7, 11) is -3.45. The second kappa shape index (κ2) is 9.77. The van der Waals surface area contributed by atoms with Crippen molar-refractivity contribution < 1.29 is 17.9 Å². The van der Waals surface area contributed by atoms with Gasteiger partial charge in [0.25, 0.3) is 0 Å². The molecule has 1 atom stereocenters. The van der Waals surface area contributed by atoms with Crippen molar-refractivity contribution in [1.82, 2.24) is 4.72 Å². The summed E-state index contributed by atoms with van der Waals surface area (Å²) in [6.45, 7) is 4.89. The molecule has 174 valence electrons. The Labute approximate surface area is 203 Å². The number of ether oxygens (including phenoxy) is 1. The highest BCUT2D eigenvalue weighted by atomic mass is 35.5. The second-order valence-electron chi connectivity index (χ2n) is 8.27. The summed E-state index contributed by atoms with van der Waals surface area (Å²) in [6.07, 6.45) is 1.05. The van der Waals surface area contributed by atoms with Gasteiger partial charge >= 0.3 is 0 Å². The van der Waals surface area contributed by atoms with E-state index in [0.29, 0.717) is 34.8 Å². The first-order chi connectivity index (χ1) is 14.9. The molecule has 1 fully saturated rings. The Morgan fingerprint density at radius 1 is 1.12 bits per heavy atom. The van der Waals surface area contributed by atoms with Crippen LogP contribution >= 0.6 is 34.8 Å². The summed E-state index contributed by atoms with van der Waals surface area (Å²) in [5, 5.41) is 0.838. The summed E-state index contributed by atoms with van der Waals surface area (Å²) in [6, 6.07) is 10.8. The smallest absolute Gasteiger partial charge is 0.209 e. The summed E-state index contributed by atoms with van der Waals surface area (Å²) in [4.78, 5) is 14.1. The van der Waals surface area contributed by atoms with Gasteiger partial charge in [-0.3, -0.25) is 4.79 Å². The number of nitrogens with zero attached hydrogens (tertiary/aromatic N) is 1. The van der Waals surface area contributed by atoms with E-state index in [1.54, 1.807) is 0 Å². The maximum atomic E-state index is 12.2. The van der Waals surface area contributed by atoms with Crippen LogP contribution in [0.5, 0.6) is 5.75 Å². The van der Waals surface area contributed by atoms with Gasteiger partial charge < -0.3 is 9.64 Å². The minimum Gasteiger partial charge on any atom is -0.489 e. The third-order valence-electron chi connectivity index (χ3n) is 5.49. The molecule has 0 spiro atoms. The number of anilines is 1. The number of sulfonamides is 1. The molecule has 0 aromatic heterocycles. The highest BCUT2D eigenvalue weighted by molar-refractivity contribution is 7.88. The molecule has 2 aromatic rings. The minimum absolute atomic E-state index is 0.152. The predicted molar refractivity (Wildman–Crippen MR) is 130 cm³/mol. The number of rotatable bonds is 8. The fourth-order valence-corrected chi connectivity index (χ4v) is 5.09. The SMILES string of the molecule is CC(C)(c1ccc(N2CC(=O)C(NS(C)(=O)=O)C2)cc1)c1cc(Cl)c(OCCCl)c(Cl)c1. The van der Waals surface area contributed by atoms with E-state index in [1.807, 2.05) is 41.3 Å². The quantitative estimate of drug-likeness (QED) is 0.528. The Bertz CT molecular complexity index is 1080. The first-order valence-electron chi connectivity index (χ1n) is 9.96. The number of halogens is 3. The molecule has 0 aliphatic carbocycles. The topological polar surface area (TPSA) is 75.7 Å². The van der Waals surface area contributed by atoms with Gasteiger partial charge in [-0.15, -0.1) is 11.6 Å². The second-order valence-corrected chi connectivity index (χ2v) is 11.2. The van der Waals surface area contributed by atoms with Gasteiger partial charge in [-0.05, 0) is 35.4 Å². The summed E-state index contributed by atoms with van der Waals surface area (Å²) in [5.74, 6) is 0.598. The van der Waals surface area contributed by atoms with Crippen molar-refractivity contribution >= 4 is 56.3 Å². The number of Topliss-reactive ketones (excluding diaryl/α,β-unsaturated/α-hetero) is 1. The number of benzene rings is 2. The van der Waals surface area contributed by atoms with Crippen LogP contribution in [-0.2, 0) is 20.2 Å². The largest absolute Gasteiger partial charge is 0.489 e. The van der Waals surface area contributed by atoms with Gasteiger partial charge in [0.05, 0.1) is 34.8 Å². The molecule has 1 N–H and O–H groups in total. The molecule has 0 amide bonds. The number of ketones is 1.